The molecule has 5 aromatic rings. The third-order valence-corrected chi connectivity index (χ3v) is 7.71. The minimum absolute atomic E-state index is 0.0338. The van der Waals surface area contributed by atoms with Crippen molar-refractivity contribution in [2.45, 2.75) is 17.4 Å². The zero-order valence-corrected chi connectivity index (χ0v) is 20.4. The smallest absolute Gasteiger partial charge is 0.265 e. The number of benzene rings is 3. The Labute approximate surface area is 217 Å². The standard InChI is InChI=1S/C25H17F4N5O4S/c26-11-9-14-17(35)5-8-38-24(14)18(10-11)39(36,37)34-16-4-3-15(27)19(21(16)29)12-1-2-13-22(20(12)28)32-33-23(13)25-30-6-7-31-25/h1-4,6-7,9-10,17,34-35H,5,8H2,(H,30,31)(H,32,33). The highest BCUT2D eigenvalue weighted by Crippen LogP contribution is 2.40. The highest BCUT2D eigenvalue weighted by atomic mass is 32.2. The summed E-state index contributed by atoms with van der Waals surface area (Å²) < 4.78 is 93.9. The molecule has 0 radical (unpaired) electrons. The first-order chi connectivity index (χ1) is 18.7. The van der Waals surface area contributed by atoms with Crippen molar-refractivity contribution in [2.24, 2.45) is 0 Å². The van der Waals surface area contributed by atoms with E-state index < -0.39 is 61.1 Å². The monoisotopic (exact) mass is 559 g/mol. The molecule has 1 aliphatic heterocycles. The summed E-state index contributed by atoms with van der Waals surface area (Å²) in [7, 11) is -4.71. The summed E-state index contributed by atoms with van der Waals surface area (Å²) in [4.78, 5) is 6.24. The van der Waals surface area contributed by atoms with E-state index in [9.17, 15) is 22.3 Å². The molecule has 0 bridgehead atoms. The minimum atomic E-state index is -4.71. The minimum Gasteiger partial charge on any atom is -0.492 e. The molecule has 0 aliphatic carbocycles. The molecule has 0 spiro atoms. The molecule has 2 aromatic heterocycles. The normalized spacial score (nSPS) is 15.3. The largest absolute Gasteiger partial charge is 0.492 e. The van der Waals surface area contributed by atoms with Gasteiger partial charge in [0, 0.05) is 35.3 Å². The quantitative estimate of drug-likeness (QED) is 0.229. The maximum absolute atomic E-state index is 15.6. The van der Waals surface area contributed by atoms with E-state index in [2.05, 4.69) is 20.2 Å². The van der Waals surface area contributed by atoms with Gasteiger partial charge in [0.05, 0.1) is 24.0 Å². The Morgan fingerprint density at radius 2 is 1.90 bits per heavy atom. The molecule has 0 saturated heterocycles. The van der Waals surface area contributed by atoms with Crippen molar-refractivity contribution in [3.05, 3.63) is 77.6 Å². The van der Waals surface area contributed by atoms with E-state index in [0.29, 0.717) is 23.0 Å². The van der Waals surface area contributed by atoms with Crippen LogP contribution < -0.4 is 9.46 Å². The maximum atomic E-state index is 15.6. The Bertz CT molecular complexity index is 1860. The van der Waals surface area contributed by atoms with E-state index in [0.717, 1.165) is 24.3 Å². The zero-order valence-electron chi connectivity index (χ0n) is 19.6. The van der Waals surface area contributed by atoms with E-state index in [1.165, 1.54) is 12.3 Å². The van der Waals surface area contributed by atoms with E-state index in [-0.39, 0.29) is 29.9 Å². The second-order valence-electron chi connectivity index (χ2n) is 8.72. The van der Waals surface area contributed by atoms with Gasteiger partial charge in [-0.2, -0.15) is 5.10 Å². The number of sulfonamides is 1. The van der Waals surface area contributed by atoms with Gasteiger partial charge in [0.1, 0.15) is 33.5 Å². The van der Waals surface area contributed by atoms with Crippen molar-refractivity contribution < 1.29 is 35.8 Å². The van der Waals surface area contributed by atoms with Crippen LogP contribution in [0.3, 0.4) is 0 Å². The lowest BCUT2D eigenvalue weighted by Gasteiger charge is -2.24. The molecule has 6 rings (SSSR count). The van der Waals surface area contributed by atoms with Gasteiger partial charge in [-0.05, 0) is 30.3 Å². The number of hydrogen-bond acceptors (Lipinski definition) is 6. The van der Waals surface area contributed by atoms with Crippen molar-refractivity contribution in [1.29, 1.82) is 0 Å². The van der Waals surface area contributed by atoms with Crippen LogP contribution in [0.15, 0.2) is 53.7 Å². The molecule has 0 amide bonds. The number of anilines is 1. The molecular formula is C25H17F4N5O4S. The Morgan fingerprint density at radius 3 is 2.67 bits per heavy atom. The number of nitrogens with one attached hydrogen (secondary N) is 3. The summed E-state index contributed by atoms with van der Waals surface area (Å²) in [5.41, 5.74) is -2.01. The Balaban J connectivity index is 1.43. The number of aromatic amines is 2. The van der Waals surface area contributed by atoms with Crippen LogP contribution in [0, 0.1) is 23.3 Å². The van der Waals surface area contributed by atoms with Crippen LogP contribution in [0.25, 0.3) is 33.5 Å². The van der Waals surface area contributed by atoms with Crippen molar-refractivity contribution >= 4 is 26.6 Å². The van der Waals surface area contributed by atoms with Crippen LogP contribution in [-0.4, -0.2) is 40.3 Å². The number of halogens is 4. The number of nitrogens with zero attached hydrogens (tertiary/aromatic N) is 2. The summed E-state index contributed by atoms with van der Waals surface area (Å²) >= 11 is 0. The van der Waals surface area contributed by atoms with Crippen molar-refractivity contribution in [2.75, 3.05) is 11.3 Å². The molecule has 1 aliphatic rings. The fourth-order valence-electron chi connectivity index (χ4n) is 4.52. The fraction of sp³-hybridized carbons (Fsp3) is 0.120. The predicted octanol–water partition coefficient (Wildman–Crippen LogP) is 4.79. The summed E-state index contributed by atoms with van der Waals surface area (Å²) in [5.74, 6) is -4.51. The molecule has 200 valence electrons. The zero-order chi connectivity index (χ0) is 27.5. The summed E-state index contributed by atoms with van der Waals surface area (Å²) in [6.07, 6.45) is 1.99. The topological polar surface area (TPSA) is 133 Å². The van der Waals surface area contributed by atoms with Gasteiger partial charge >= 0.3 is 0 Å². The van der Waals surface area contributed by atoms with Gasteiger partial charge in [-0.1, -0.05) is 6.07 Å². The highest BCUT2D eigenvalue weighted by Gasteiger charge is 2.31. The average molecular weight is 560 g/mol. The van der Waals surface area contributed by atoms with Gasteiger partial charge in [0.2, 0.25) is 0 Å². The van der Waals surface area contributed by atoms with E-state index in [1.807, 2.05) is 4.72 Å². The van der Waals surface area contributed by atoms with E-state index in [1.54, 1.807) is 6.20 Å². The lowest BCUT2D eigenvalue weighted by Crippen LogP contribution is -2.21. The molecule has 1 atom stereocenters. The third-order valence-electron chi connectivity index (χ3n) is 6.34. The molecule has 0 fully saturated rings. The van der Waals surface area contributed by atoms with Crippen molar-refractivity contribution in [3.63, 3.8) is 0 Å². The number of hydrogen-bond donors (Lipinski definition) is 4. The van der Waals surface area contributed by atoms with Crippen LogP contribution in [0.2, 0.25) is 0 Å². The molecule has 1 unspecified atom stereocenters. The van der Waals surface area contributed by atoms with Crippen molar-refractivity contribution in [3.8, 4) is 28.4 Å². The van der Waals surface area contributed by atoms with E-state index in [4.69, 9.17) is 4.74 Å². The second kappa shape index (κ2) is 9.10. The number of imidazole rings is 1. The van der Waals surface area contributed by atoms with Crippen LogP contribution in [0.4, 0.5) is 23.2 Å². The van der Waals surface area contributed by atoms with Crippen LogP contribution in [-0.2, 0) is 10.0 Å². The molecule has 0 saturated carbocycles. The van der Waals surface area contributed by atoms with Gasteiger partial charge < -0.3 is 14.8 Å². The highest BCUT2D eigenvalue weighted by molar-refractivity contribution is 7.92. The lowest BCUT2D eigenvalue weighted by molar-refractivity contribution is 0.112. The van der Waals surface area contributed by atoms with Gasteiger partial charge in [-0.15, -0.1) is 0 Å². The molecule has 39 heavy (non-hydrogen) atoms. The third kappa shape index (κ3) is 4.08. The van der Waals surface area contributed by atoms with Gasteiger partial charge in [-0.3, -0.25) is 9.82 Å². The Morgan fingerprint density at radius 1 is 1.08 bits per heavy atom. The summed E-state index contributed by atoms with van der Waals surface area (Å²) in [6, 6.07) is 5.71. The number of rotatable bonds is 5. The first-order valence-electron chi connectivity index (χ1n) is 11.5. The molecule has 14 heteroatoms. The van der Waals surface area contributed by atoms with Crippen LogP contribution in [0.5, 0.6) is 5.75 Å². The Hall–Kier alpha value is -4.43. The number of fused-ring (bicyclic) bond motifs is 2. The molecule has 4 N–H and O–H groups in total. The van der Waals surface area contributed by atoms with Crippen LogP contribution >= 0.6 is 0 Å². The molecular weight excluding hydrogens is 542 g/mol. The second-order valence-corrected chi connectivity index (χ2v) is 10.4. The van der Waals surface area contributed by atoms with Crippen LogP contribution in [0.1, 0.15) is 18.1 Å². The van der Waals surface area contributed by atoms with Gasteiger partial charge in [0.25, 0.3) is 10.0 Å². The first-order valence-corrected chi connectivity index (χ1v) is 13.0. The first kappa shape index (κ1) is 24.9. The average Bonchev–Trinajstić information content (AvgIpc) is 3.57. The molecule has 9 nitrogen and oxygen atoms in total. The SMILES string of the molecule is O=S(=O)(Nc1ccc(F)c(-c2ccc3c(-c4ncc[nH]4)[nH]nc3c2F)c1F)c1cc(F)cc2c1OCCC2O. The fourth-order valence-corrected chi connectivity index (χ4v) is 5.77. The molecule has 3 heterocycles. The number of aromatic nitrogens is 4. The summed E-state index contributed by atoms with van der Waals surface area (Å²) in [5, 5.41) is 17.0. The lowest BCUT2D eigenvalue weighted by atomic mass is 10.0. The summed E-state index contributed by atoms with van der Waals surface area (Å²) in [6.45, 7) is -0.0338. The Kier molecular flexibility index (Phi) is 5.80. The predicted molar refractivity (Wildman–Crippen MR) is 131 cm³/mol. The number of H-pyrrole nitrogens is 2. The number of aliphatic hydroxyl groups is 1. The maximum Gasteiger partial charge on any atom is 0.265 e. The van der Waals surface area contributed by atoms with Gasteiger partial charge in [0.15, 0.2) is 17.5 Å². The number of ether oxygens (including phenoxy) is 1. The number of aliphatic hydroxyl groups excluding tert-OH is 1. The van der Waals surface area contributed by atoms with Gasteiger partial charge in [-0.25, -0.2) is 31.0 Å². The van der Waals surface area contributed by atoms with E-state index >= 15 is 8.78 Å². The van der Waals surface area contributed by atoms with Crippen molar-refractivity contribution in [1.82, 2.24) is 20.2 Å². The molecule has 3 aromatic carbocycles.